The average molecular weight is 271 g/mol. The van der Waals surface area contributed by atoms with Gasteiger partial charge in [0.25, 0.3) is 0 Å². The van der Waals surface area contributed by atoms with Crippen molar-refractivity contribution < 1.29 is 4.42 Å². The van der Waals surface area contributed by atoms with E-state index in [1.807, 2.05) is 42.3 Å². The zero-order valence-corrected chi connectivity index (χ0v) is 11.4. The van der Waals surface area contributed by atoms with E-state index in [9.17, 15) is 0 Å². The number of hydrogen-bond donors (Lipinski definition) is 2. The molecule has 3 rings (SSSR count). The lowest BCUT2D eigenvalue weighted by atomic mass is 10.1. The highest BCUT2D eigenvalue weighted by Crippen LogP contribution is 2.24. The maximum atomic E-state index is 5.55. The number of imidazole rings is 1. The second-order valence-electron chi connectivity index (χ2n) is 4.76. The Morgan fingerprint density at radius 3 is 2.95 bits per heavy atom. The summed E-state index contributed by atoms with van der Waals surface area (Å²) < 4.78 is 7.54. The monoisotopic (exact) mass is 271 g/mol. The number of furan rings is 1. The zero-order valence-electron chi connectivity index (χ0n) is 11.4. The van der Waals surface area contributed by atoms with Crippen LogP contribution in [0.1, 0.15) is 36.2 Å². The van der Waals surface area contributed by atoms with Gasteiger partial charge in [0.2, 0.25) is 0 Å². The second-order valence-corrected chi connectivity index (χ2v) is 4.76. The molecular formula is C14H17N5O. The van der Waals surface area contributed by atoms with Crippen LogP contribution in [0.5, 0.6) is 0 Å². The molecule has 20 heavy (non-hydrogen) atoms. The number of nitrogens with zero attached hydrogens (tertiary/aromatic N) is 3. The molecule has 104 valence electrons. The minimum absolute atomic E-state index is 0.102. The highest BCUT2D eigenvalue weighted by atomic mass is 16.3. The van der Waals surface area contributed by atoms with Crippen molar-refractivity contribution in [3.05, 3.63) is 60.3 Å². The van der Waals surface area contributed by atoms with Crippen molar-refractivity contribution in [2.45, 2.75) is 19.0 Å². The molecule has 2 unspecified atom stereocenters. The van der Waals surface area contributed by atoms with E-state index < -0.39 is 0 Å². The van der Waals surface area contributed by atoms with Gasteiger partial charge < -0.3 is 8.98 Å². The first-order chi connectivity index (χ1) is 9.75. The topological polar surface area (TPSA) is 71.7 Å². The van der Waals surface area contributed by atoms with E-state index in [0.717, 1.165) is 17.1 Å². The van der Waals surface area contributed by atoms with Crippen LogP contribution >= 0.6 is 0 Å². The van der Waals surface area contributed by atoms with Gasteiger partial charge in [0, 0.05) is 37.2 Å². The standard InChI is InChI=1S/C14H17N5O/c1-10(11-8-16-17-9-11)18-13(12-4-3-7-20-12)14-15-5-6-19(14)2/h3-10,13,18H,1-2H3,(H,16,17). The lowest BCUT2D eigenvalue weighted by molar-refractivity contribution is 0.403. The number of aromatic amines is 1. The van der Waals surface area contributed by atoms with Gasteiger partial charge in [-0.1, -0.05) is 0 Å². The fraction of sp³-hybridized carbons (Fsp3) is 0.286. The van der Waals surface area contributed by atoms with Gasteiger partial charge in [-0.3, -0.25) is 10.4 Å². The van der Waals surface area contributed by atoms with Gasteiger partial charge in [-0.2, -0.15) is 5.10 Å². The Morgan fingerprint density at radius 1 is 1.45 bits per heavy atom. The van der Waals surface area contributed by atoms with Gasteiger partial charge in [-0.15, -0.1) is 0 Å². The summed E-state index contributed by atoms with van der Waals surface area (Å²) in [6.45, 7) is 2.09. The summed E-state index contributed by atoms with van der Waals surface area (Å²) in [5, 5.41) is 10.3. The molecule has 0 fully saturated rings. The third kappa shape index (κ3) is 2.37. The summed E-state index contributed by atoms with van der Waals surface area (Å²) in [7, 11) is 1.97. The van der Waals surface area contributed by atoms with E-state index in [2.05, 4.69) is 27.4 Å². The molecule has 0 saturated carbocycles. The molecule has 0 amide bonds. The molecule has 3 aromatic rings. The predicted molar refractivity (Wildman–Crippen MR) is 73.9 cm³/mol. The van der Waals surface area contributed by atoms with E-state index in [-0.39, 0.29) is 12.1 Å². The van der Waals surface area contributed by atoms with Crippen molar-refractivity contribution in [2.24, 2.45) is 7.05 Å². The van der Waals surface area contributed by atoms with Gasteiger partial charge >= 0.3 is 0 Å². The van der Waals surface area contributed by atoms with Gasteiger partial charge in [0.15, 0.2) is 0 Å². The number of H-pyrrole nitrogens is 1. The Hall–Kier alpha value is -2.34. The van der Waals surface area contributed by atoms with Crippen LogP contribution in [-0.2, 0) is 7.05 Å². The quantitative estimate of drug-likeness (QED) is 0.746. The Morgan fingerprint density at radius 2 is 2.35 bits per heavy atom. The van der Waals surface area contributed by atoms with Gasteiger partial charge in [0.05, 0.1) is 12.5 Å². The third-order valence-electron chi connectivity index (χ3n) is 3.38. The lowest BCUT2D eigenvalue weighted by Gasteiger charge is -2.21. The molecule has 0 spiro atoms. The Balaban J connectivity index is 1.89. The fourth-order valence-corrected chi connectivity index (χ4v) is 2.24. The first kappa shape index (κ1) is 12.7. The minimum Gasteiger partial charge on any atom is -0.467 e. The highest BCUT2D eigenvalue weighted by molar-refractivity contribution is 5.18. The van der Waals surface area contributed by atoms with Crippen molar-refractivity contribution in [2.75, 3.05) is 0 Å². The Bertz CT molecular complexity index is 641. The van der Waals surface area contributed by atoms with Gasteiger partial charge in [-0.25, -0.2) is 4.98 Å². The maximum Gasteiger partial charge on any atom is 0.133 e. The smallest absolute Gasteiger partial charge is 0.133 e. The van der Waals surface area contributed by atoms with E-state index in [1.165, 1.54) is 0 Å². The molecule has 3 heterocycles. The summed E-state index contributed by atoms with van der Waals surface area (Å²) in [5.41, 5.74) is 1.09. The molecule has 6 heteroatoms. The second kappa shape index (κ2) is 5.34. The van der Waals surface area contributed by atoms with Gasteiger partial charge in [-0.05, 0) is 19.1 Å². The van der Waals surface area contributed by atoms with E-state index in [1.54, 1.807) is 12.5 Å². The minimum atomic E-state index is -0.102. The Labute approximate surface area is 116 Å². The summed E-state index contributed by atoms with van der Waals surface area (Å²) in [5.74, 6) is 1.75. The molecule has 6 nitrogen and oxygen atoms in total. The van der Waals surface area contributed by atoms with E-state index in [4.69, 9.17) is 4.42 Å². The summed E-state index contributed by atoms with van der Waals surface area (Å²) >= 11 is 0. The lowest BCUT2D eigenvalue weighted by Crippen LogP contribution is -2.27. The number of aromatic nitrogens is 4. The van der Waals surface area contributed by atoms with Gasteiger partial charge in [0.1, 0.15) is 17.6 Å². The normalized spacial score (nSPS) is 14.3. The van der Waals surface area contributed by atoms with Crippen LogP contribution in [0.2, 0.25) is 0 Å². The summed E-state index contributed by atoms with van der Waals surface area (Å²) in [6.07, 6.45) is 9.09. The molecule has 3 aromatic heterocycles. The van der Waals surface area contributed by atoms with Crippen molar-refractivity contribution in [3.8, 4) is 0 Å². The molecule has 0 aliphatic rings. The predicted octanol–water partition coefficient (Wildman–Crippen LogP) is 2.18. The molecule has 2 N–H and O–H groups in total. The van der Waals surface area contributed by atoms with Crippen LogP contribution in [0, 0.1) is 0 Å². The average Bonchev–Trinajstić information content (AvgIpc) is 3.18. The fourth-order valence-electron chi connectivity index (χ4n) is 2.24. The molecule has 0 aliphatic heterocycles. The molecule has 0 aliphatic carbocycles. The molecular weight excluding hydrogens is 254 g/mol. The number of rotatable bonds is 5. The van der Waals surface area contributed by atoms with Crippen LogP contribution in [0.15, 0.2) is 47.6 Å². The van der Waals surface area contributed by atoms with E-state index in [0.29, 0.717) is 0 Å². The number of hydrogen-bond acceptors (Lipinski definition) is 4. The zero-order chi connectivity index (χ0) is 13.9. The first-order valence-corrected chi connectivity index (χ1v) is 6.51. The number of nitrogens with one attached hydrogen (secondary N) is 2. The van der Waals surface area contributed by atoms with Crippen LogP contribution < -0.4 is 5.32 Å². The molecule has 0 bridgehead atoms. The van der Waals surface area contributed by atoms with Crippen LogP contribution in [0.4, 0.5) is 0 Å². The van der Waals surface area contributed by atoms with Crippen LogP contribution in [0.3, 0.4) is 0 Å². The third-order valence-corrected chi connectivity index (χ3v) is 3.38. The highest BCUT2D eigenvalue weighted by Gasteiger charge is 2.23. The SMILES string of the molecule is CC(NC(c1ccco1)c1nccn1C)c1cn[nH]c1. The number of aryl methyl sites for hydroxylation is 1. The van der Waals surface area contributed by atoms with Crippen molar-refractivity contribution in [3.63, 3.8) is 0 Å². The van der Waals surface area contributed by atoms with Crippen LogP contribution in [0.25, 0.3) is 0 Å². The van der Waals surface area contributed by atoms with Crippen molar-refractivity contribution >= 4 is 0 Å². The summed E-state index contributed by atoms with van der Waals surface area (Å²) in [4.78, 5) is 4.42. The van der Waals surface area contributed by atoms with E-state index >= 15 is 0 Å². The first-order valence-electron chi connectivity index (χ1n) is 6.51. The van der Waals surface area contributed by atoms with Crippen LogP contribution in [-0.4, -0.2) is 19.7 Å². The summed E-state index contributed by atoms with van der Waals surface area (Å²) in [6, 6.07) is 3.86. The molecule has 0 radical (unpaired) electrons. The largest absolute Gasteiger partial charge is 0.467 e. The molecule has 0 aromatic carbocycles. The van der Waals surface area contributed by atoms with Crippen molar-refractivity contribution in [1.29, 1.82) is 0 Å². The molecule has 2 atom stereocenters. The van der Waals surface area contributed by atoms with Crippen molar-refractivity contribution in [1.82, 2.24) is 25.1 Å². The Kier molecular flexibility index (Phi) is 3.39. The molecule has 0 saturated heterocycles. The maximum absolute atomic E-state index is 5.55.